The summed E-state index contributed by atoms with van der Waals surface area (Å²) in [5.74, 6) is -2.49. The van der Waals surface area contributed by atoms with Crippen molar-refractivity contribution in [1.82, 2.24) is 10.7 Å². The van der Waals surface area contributed by atoms with Crippen LogP contribution in [0.5, 0.6) is 5.75 Å². The Kier molecular flexibility index (Phi) is 8.15. The fourth-order valence-electron chi connectivity index (χ4n) is 2.63. The van der Waals surface area contributed by atoms with Crippen LogP contribution in [0.2, 0.25) is 5.02 Å². The largest absolute Gasteiger partial charge is 0.483 e. The summed E-state index contributed by atoms with van der Waals surface area (Å²) in [6, 6.07) is 7.63. The zero-order valence-corrected chi connectivity index (χ0v) is 19.6. The van der Waals surface area contributed by atoms with Crippen molar-refractivity contribution in [2.24, 2.45) is 5.10 Å². The number of halogens is 5. The molecule has 0 spiro atoms. The molecular weight excluding hydrogens is 545 g/mol. The Morgan fingerprint density at radius 2 is 1.88 bits per heavy atom. The number of hydrogen-bond acceptors (Lipinski definition) is 5. The maximum Gasteiger partial charge on any atom is 0.418 e. The SMILES string of the molecule is O=C(COc1ccc(Cl)cc1/C=N\NC(=O)C(=O)NC1CC1)Nc1ccc(Br)cc1C(F)(F)F. The summed E-state index contributed by atoms with van der Waals surface area (Å²) < 4.78 is 45.3. The molecule has 1 aliphatic rings. The molecule has 1 saturated carbocycles. The van der Waals surface area contributed by atoms with Crippen LogP contribution in [0.1, 0.15) is 24.0 Å². The van der Waals surface area contributed by atoms with Crippen LogP contribution in [-0.4, -0.2) is 36.6 Å². The molecule has 0 heterocycles. The van der Waals surface area contributed by atoms with E-state index in [9.17, 15) is 27.6 Å². The second kappa shape index (κ2) is 10.9. The van der Waals surface area contributed by atoms with Crippen molar-refractivity contribution in [3.63, 3.8) is 0 Å². The van der Waals surface area contributed by atoms with Gasteiger partial charge in [-0.15, -0.1) is 0 Å². The lowest BCUT2D eigenvalue weighted by atomic mass is 10.1. The Bertz CT molecular complexity index is 1140. The van der Waals surface area contributed by atoms with Gasteiger partial charge in [0.1, 0.15) is 5.75 Å². The molecule has 2 aromatic carbocycles. The monoisotopic (exact) mass is 560 g/mol. The van der Waals surface area contributed by atoms with Crippen molar-refractivity contribution < 1.29 is 32.3 Å². The van der Waals surface area contributed by atoms with E-state index in [4.69, 9.17) is 16.3 Å². The zero-order chi connectivity index (χ0) is 24.9. The van der Waals surface area contributed by atoms with Crippen molar-refractivity contribution in [3.8, 4) is 5.75 Å². The van der Waals surface area contributed by atoms with Gasteiger partial charge >= 0.3 is 18.0 Å². The van der Waals surface area contributed by atoms with Gasteiger partial charge in [0.15, 0.2) is 6.61 Å². The summed E-state index contributed by atoms with van der Waals surface area (Å²) in [6.45, 7) is -0.619. The summed E-state index contributed by atoms with van der Waals surface area (Å²) in [4.78, 5) is 35.6. The number of amides is 3. The lowest BCUT2D eigenvalue weighted by molar-refractivity contribution is -0.139. The van der Waals surface area contributed by atoms with E-state index in [1.807, 2.05) is 0 Å². The van der Waals surface area contributed by atoms with Gasteiger partial charge in [-0.2, -0.15) is 18.3 Å². The molecule has 0 bridgehead atoms. The Morgan fingerprint density at radius 3 is 2.56 bits per heavy atom. The quantitative estimate of drug-likeness (QED) is 0.271. The van der Waals surface area contributed by atoms with E-state index in [2.05, 4.69) is 37.1 Å². The fourth-order valence-corrected chi connectivity index (χ4v) is 3.17. The van der Waals surface area contributed by atoms with Gasteiger partial charge in [0.2, 0.25) is 0 Å². The van der Waals surface area contributed by atoms with Crippen molar-refractivity contribution in [3.05, 3.63) is 57.0 Å². The topological polar surface area (TPSA) is 109 Å². The van der Waals surface area contributed by atoms with E-state index in [1.165, 1.54) is 24.3 Å². The third kappa shape index (κ3) is 7.45. The summed E-state index contributed by atoms with van der Waals surface area (Å²) in [6.07, 6.45) is -1.89. The Labute approximate surface area is 205 Å². The van der Waals surface area contributed by atoms with Crippen LogP contribution in [0, 0.1) is 0 Å². The minimum Gasteiger partial charge on any atom is -0.483 e. The smallest absolute Gasteiger partial charge is 0.418 e. The van der Waals surface area contributed by atoms with Crippen molar-refractivity contribution >= 4 is 57.2 Å². The average Bonchev–Trinajstić information content (AvgIpc) is 3.57. The third-order valence-electron chi connectivity index (χ3n) is 4.38. The van der Waals surface area contributed by atoms with E-state index in [-0.39, 0.29) is 21.8 Å². The molecule has 34 heavy (non-hydrogen) atoms. The first kappa shape index (κ1) is 25.5. The van der Waals surface area contributed by atoms with Gasteiger partial charge in [0, 0.05) is 21.1 Å². The molecule has 0 aromatic heterocycles. The molecule has 0 saturated heterocycles. The standard InChI is InChI=1S/C21H17BrClF3N4O4/c22-12-1-5-16(15(8-12)21(24,25)26)29-18(31)10-34-17-6-2-13(23)7-11(17)9-27-30-20(33)19(32)28-14-3-4-14/h1-2,5-9,14H,3-4,10H2,(H,28,32)(H,29,31)(H,30,33)/b27-9-. The predicted molar refractivity (Wildman–Crippen MR) is 122 cm³/mol. The highest BCUT2D eigenvalue weighted by molar-refractivity contribution is 9.10. The van der Waals surface area contributed by atoms with Crippen LogP contribution in [0.4, 0.5) is 18.9 Å². The summed E-state index contributed by atoms with van der Waals surface area (Å²) in [5, 5.41) is 8.65. The minimum absolute atomic E-state index is 0.00549. The lowest BCUT2D eigenvalue weighted by Crippen LogP contribution is -2.38. The number of carbonyl (C=O) groups excluding carboxylic acids is 3. The van der Waals surface area contributed by atoms with Crippen LogP contribution in [-0.2, 0) is 20.6 Å². The predicted octanol–water partition coefficient (Wildman–Crippen LogP) is 3.87. The molecule has 180 valence electrons. The Morgan fingerprint density at radius 1 is 1.15 bits per heavy atom. The van der Waals surface area contributed by atoms with Gasteiger partial charge in [-0.3, -0.25) is 14.4 Å². The lowest BCUT2D eigenvalue weighted by Gasteiger charge is -2.15. The molecule has 3 amide bonds. The van der Waals surface area contributed by atoms with Crippen LogP contribution < -0.4 is 20.8 Å². The number of hydrazone groups is 1. The van der Waals surface area contributed by atoms with Crippen LogP contribution in [0.3, 0.4) is 0 Å². The zero-order valence-electron chi connectivity index (χ0n) is 17.2. The number of hydrogen-bond donors (Lipinski definition) is 3. The highest BCUT2D eigenvalue weighted by atomic mass is 79.9. The van der Waals surface area contributed by atoms with E-state index in [0.717, 1.165) is 31.2 Å². The van der Waals surface area contributed by atoms with Gasteiger partial charge in [0.25, 0.3) is 5.91 Å². The fraction of sp³-hybridized carbons (Fsp3) is 0.238. The van der Waals surface area contributed by atoms with Gasteiger partial charge in [0.05, 0.1) is 17.5 Å². The van der Waals surface area contributed by atoms with Crippen LogP contribution >= 0.6 is 27.5 Å². The number of nitrogens with one attached hydrogen (secondary N) is 3. The number of alkyl halides is 3. The maximum absolute atomic E-state index is 13.2. The first-order valence-corrected chi connectivity index (χ1v) is 10.9. The maximum atomic E-state index is 13.2. The van der Waals surface area contributed by atoms with E-state index in [1.54, 1.807) is 0 Å². The Balaban J connectivity index is 1.62. The molecule has 13 heteroatoms. The van der Waals surface area contributed by atoms with Crippen molar-refractivity contribution in [2.45, 2.75) is 25.1 Å². The number of carbonyl (C=O) groups is 3. The number of nitrogens with zero attached hydrogens (tertiary/aromatic N) is 1. The molecule has 8 nitrogen and oxygen atoms in total. The van der Waals surface area contributed by atoms with Gasteiger partial charge in [-0.05, 0) is 49.2 Å². The van der Waals surface area contributed by atoms with Gasteiger partial charge < -0.3 is 15.4 Å². The minimum atomic E-state index is -4.67. The average molecular weight is 562 g/mol. The highest BCUT2D eigenvalue weighted by Gasteiger charge is 2.34. The molecule has 0 aliphatic heterocycles. The number of anilines is 1. The van der Waals surface area contributed by atoms with Gasteiger partial charge in [-0.1, -0.05) is 27.5 Å². The van der Waals surface area contributed by atoms with Gasteiger partial charge in [-0.25, -0.2) is 5.43 Å². The first-order chi connectivity index (χ1) is 16.0. The molecule has 3 rings (SSSR count). The summed E-state index contributed by atoms with van der Waals surface area (Å²) in [5.41, 5.74) is 0.876. The Hall–Kier alpha value is -3.12. The van der Waals surface area contributed by atoms with Crippen LogP contribution in [0.15, 0.2) is 46.0 Å². The van der Waals surface area contributed by atoms with Crippen LogP contribution in [0.25, 0.3) is 0 Å². The number of benzene rings is 2. The van der Waals surface area contributed by atoms with E-state index >= 15 is 0 Å². The number of ether oxygens (including phenoxy) is 1. The second-order valence-electron chi connectivity index (χ2n) is 7.15. The molecule has 3 N–H and O–H groups in total. The van der Waals surface area contributed by atoms with E-state index in [0.29, 0.717) is 5.02 Å². The molecular formula is C21H17BrClF3N4O4. The first-order valence-electron chi connectivity index (χ1n) is 9.76. The molecule has 2 aromatic rings. The highest BCUT2D eigenvalue weighted by Crippen LogP contribution is 2.36. The number of rotatable bonds is 7. The molecule has 0 radical (unpaired) electrons. The third-order valence-corrected chi connectivity index (χ3v) is 5.11. The normalized spacial score (nSPS) is 13.4. The van der Waals surface area contributed by atoms with Crippen molar-refractivity contribution in [1.29, 1.82) is 0 Å². The molecule has 1 fully saturated rings. The summed E-state index contributed by atoms with van der Waals surface area (Å²) in [7, 11) is 0. The van der Waals surface area contributed by atoms with E-state index < -0.39 is 41.8 Å². The summed E-state index contributed by atoms with van der Waals surface area (Å²) >= 11 is 8.93. The van der Waals surface area contributed by atoms with Crippen molar-refractivity contribution in [2.75, 3.05) is 11.9 Å². The second-order valence-corrected chi connectivity index (χ2v) is 8.51. The molecule has 1 aliphatic carbocycles. The molecule has 0 atom stereocenters. The molecule has 0 unspecified atom stereocenters.